The highest BCUT2D eigenvalue weighted by Gasteiger charge is 2.16. The molecule has 1 N–H and O–H groups in total. The summed E-state index contributed by atoms with van der Waals surface area (Å²) in [5, 5.41) is 5.46. The summed E-state index contributed by atoms with van der Waals surface area (Å²) in [5.41, 5.74) is 2.77. The molecule has 0 bridgehead atoms. The Hall–Kier alpha value is -2.42. The van der Waals surface area contributed by atoms with Crippen LogP contribution in [0.5, 0.6) is 11.5 Å². The van der Waals surface area contributed by atoms with E-state index in [0.29, 0.717) is 19.8 Å². The maximum Gasteiger partial charge on any atom is 0.154 e. The molecule has 0 amide bonds. The van der Waals surface area contributed by atoms with Crippen molar-refractivity contribution in [3.63, 3.8) is 0 Å². The highest BCUT2D eigenvalue weighted by molar-refractivity contribution is 9.10. The second-order valence-electron chi connectivity index (χ2n) is 6.55. The first-order valence-corrected chi connectivity index (χ1v) is 11.2. The van der Waals surface area contributed by atoms with Crippen molar-refractivity contribution in [1.29, 1.82) is 0 Å². The van der Waals surface area contributed by atoms with Crippen molar-refractivity contribution < 1.29 is 14.2 Å². The van der Waals surface area contributed by atoms with Crippen molar-refractivity contribution in [3.8, 4) is 11.5 Å². The highest BCUT2D eigenvalue weighted by Crippen LogP contribution is 2.38. The first-order chi connectivity index (χ1) is 14.6. The quantitative estimate of drug-likeness (QED) is 0.340. The lowest BCUT2D eigenvalue weighted by Gasteiger charge is -2.13. The van der Waals surface area contributed by atoms with E-state index in [-0.39, 0.29) is 0 Å². The van der Waals surface area contributed by atoms with Crippen LogP contribution in [0.25, 0.3) is 21.1 Å². The minimum absolute atomic E-state index is 0.494. The maximum absolute atomic E-state index is 5.58. The number of ether oxygens (including phenoxy) is 3. The summed E-state index contributed by atoms with van der Waals surface area (Å²) >= 11 is 5.31. The number of pyridine rings is 1. The molecule has 8 heteroatoms. The SMILES string of the molecule is CCOCc1nc2c(NCc3ccc(OC)cc3OC)nc3cccc(Br)c3c2s1. The molecule has 0 aliphatic rings. The number of thiazole rings is 1. The van der Waals surface area contributed by atoms with Gasteiger partial charge in [0.25, 0.3) is 0 Å². The fraction of sp³-hybridized carbons (Fsp3) is 0.273. The topological polar surface area (TPSA) is 65.5 Å². The van der Waals surface area contributed by atoms with Gasteiger partial charge >= 0.3 is 0 Å². The van der Waals surface area contributed by atoms with Gasteiger partial charge in [0.1, 0.15) is 22.0 Å². The Morgan fingerprint density at radius 1 is 1.10 bits per heavy atom. The fourth-order valence-corrected chi connectivity index (χ4v) is 5.01. The van der Waals surface area contributed by atoms with E-state index in [0.717, 1.165) is 53.5 Å². The van der Waals surface area contributed by atoms with Crippen LogP contribution in [0.15, 0.2) is 40.9 Å². The summed E-state index contributed by atoms with van der Waals surface area (Å²) < 4.78 is 18.5. The highest BCUT2D eigenvalue weighted by atomic mass is 79.9. The number of nitrogens with zero attached hydrogens (tertiary/aromatic N) is 2. The molecule has 0 aliphatic heterocycles. The predicted octanol–water partition coefficient (Wildman–Crippen LogP) is 5.77. The summed E-state index contributed by atoms with van der Waals surface area (Å²) in [7, 11) is 3.30. The Kier molecular flexibility index (Phi) is 6.36. The minimum Gasteiger partial charge on any atom is -0.497 e. The molecule has 0 spiro atoms. The summed E-state index contributed by atoms with van der Waals surface area (Å²) in [6.45, 7) is 3.68. The molecular formula is C22H22BrN3O3S. The van der Waals surface area contributed by atoms with Gasteiger partial charge in [0.15, 0.2) is 5.82 Å². The van der Waals surface area contributed by atoms with Gasteiger partial charge in [-0.25, -0.2) is 9.97 Å². The Bertz CT molecular complexity index is 1200. The molecule has 4 rings (SSSR count). The average Bonchev–Trinajstić information content (AvgIpc) is 3.20. The largest absolute Gasteiger partial charge is 0.497 e. The molecule has 0 atom stereocenters. The lowest BCUT2D eigenvalue weighted by molar-refractivity contribution is 0.134. The third kappa shape index (κ3) is 4.08. The third-order valence-corrected chi connectivity index (χ3v) is 6.42. The van der Waals surface area contributed by atoms with E-state index in [9.17, 15) is 0 Å². The van der Waals surface area contributed by atoms with E-state index in [2.05, 4.69) is 21.2 Å². The Morgan fingerprint density at radius 3 is 2.73 bits per heavy atom. The van der Waals surface area contributed by atoms with E-state index in [1.54, 1.807) is 25.6 Å². The van der Waals surface area contributed by atoms with Gasteiger partial charge in [0.05, 0.1) is 31.0 Å². The van der Waals surface area contributed by atoms with Crippen molar-refractivity contribution in [3.05, 3.63) is 51.4 Å². The molecule has 0 saturated heterocycles. The second-order valence-corrected chi connectivity index (χ2v) is 8.49. The Labute approximate surface area is 187 Å². The lowest BCUT2D eigenvalue weighted by Crippen LogP contribution is -2.04. The first kappa shape index (κ1) is 20.8. The van der Waals surface area contributed by atoms with Crippen molar-refractivity contribution in [1.82, 2.24) is 9.97 Å². The van der Waals surface area contributed by atoms with Gasteiger partial charge in [-0.2, -0.15) is 0 Å². The number of benzene rings is 2. The summed E-state index contributed by atoms with van der Waals surface area (Å²) in [6.07, 6.45) is 0. The fourth-order valence-electron chi connectivity index (χ4n) is 3.25. The molecule has 6 nitrogen and oxygen atoms in total. The second kappa shape index (κ2) is 9.16. The van der Waals surface area contributed by atoms with E-state index in [1.807, 2.05) is 43.3 Å². The molecule has 2 aromatic carbocycles. The number of aromatic nitrogens is 2. The number of methoxy groups -OCH3 is 2. The van der Waals surface area contributed by atoms with Crippen molar-refractivity contribution in [2.75, 3.05) is 26.1 Å². The Morgan fingerprint density at radius 2 is 1.97 bits per heavy atom. The maximum atomic E-state index is 5.58. The number of hydrogen-bond acceptors (Lipinski definition) is 7. The van der Waals surface area contributed by atoms with Gasteiger partial charge in [-0.15, -0.1) is 11.3 Å². The van der Waals surface area contributed by atoms with Crippen molar-refractivity contribution in [2.45, 2.75) is 20.1 Å². The van der Waals surface area contributed by atoms with E-state index < -0.39 is 0 Å². The third-order valence-electron chi connectivity index (χ3n) is 4.72. The lowest BCUT2D eigenvalue weighted by atomic mass is 10.1. The summed E-state index contributed by atoms with van der Waals surface area (Å²) in [5.74, 6) is 2.26. The van der Waals surface area contributed by atoms with Crippen LogP contribution in [0.4, 0.5) is 5.82 Å². The molecule has 2 aromatic heterocycles. The number of rotatable bonds is 8. The molecule has 2 heterocycles. The molecule has 30 heavy (non-hydrogen) atoms. The number of hydrogen-bond donors (Lipinski definition) is 1. The first-order valence-electron chi connectivity index (χ1n) is 9.54. The predicted molar refractivity (Wildman–Crippen MR) is 125 cm³/mol. The van der Waals surface area contributed by atoms with Crippen LogP contribution in [-0.4, -0.2) is 30.8 Å². The molecule has 0 fully saturated rings. The zero-order valence-corrected chi connectivity index (χ0v) is 19.4. The van der Waals surface area contributed by atoms with Crippen LogP contribution >= 0.6 is 27.3 Å². The van der Waals surface area contributed by atoms with Gasteiger partial charge in [-0.3, -0.25) is 0 Å². The summed E-state index contributed by atoms with van der Waals surface area (Å²) in [4.78, 5) is 9.68. The van der Waals surface area contributed by atoms with Gasteiger partial charge in [0.2, 0.25) is 0 Å². The average molecular weight is 488 g/mol. The van der Waals surface area contributed by atoms with Crippen LogP contribution in [0.2, 0.25) is 0 Å². The molecule has 0 unspecified atom stereocenters. The molecular weight excluding hydrogens is 466 g/mol. The zero-order chi connectivity index (χ0) is 21.1. The normalized spacial score (nSPS) is 11.2. The smallest absolute Gasteiger partial charge is 0.154 e. The minimum atomic E-state index is 0.494. The van der Waals surface area contributed by atoms with Crippen LogP contribution < -0.4 is 14.8 Å². The van der Waals surface area contributed by atoms with E-state index in [1.165, 1.54) is 0 Å². The van der Waals surface area contributed by atoms with E-state index in [4.69, 9.17) is 24.2 Å². The van der Waals surface area contributed by atoms with Gasteiger partial charge < -0.3 is 19.5 Å². The van der Waals surface area contributed by atoms with Crippen LogP contribution in [0.3, 0.4) is 0 Å². The summed E-state index contributed by atoms with van der Waals surface area (Å²) in [6, 6.07) is 11.8. The number of halogens is 1. The molecule has 0 radical (unpaired) electrons. The molecule has 156 valence electrons. The van der Waals surface area contributed by atoms with Gasteiger partial charge in [-0.1, -0.05) is 22.0 Å². The van der Waals surface area contributed by atoms with Gasteiger partial charge in [0, 0.05) is 34.6 Å². The Balaban J connectivity index is 1.75. The monoisotopic (exact) mass is 487 g/mol. The van der Waals surface area contributed by atoms with Crippen LogP contribution in [0.1, 0.15) is 17.5 Å². The molecule has 0 aliphatic carbocycles. The van der Waals surface area contributed by atoms with Crippen molar-refractivity contribution >= 4 is 54.2 Å². The van der Waals surface area contributed by atoms with Gasteiger partial charge in [-0.05, 0) is 31.2 Å². The standard InChI is InChI=1S/C22H22BrN3O3S/c1-4-29-12-18-26-20-21(30-18)19-15(23)6-5-7-16(19)25-22(20)24-11-13-8-9-14(27-2)10-17(13)28-3/h5-10H,4,11-12H2,1-3H3,(H,24,25). The van der Waals surface area contributed by atoms with Crippen LogP contribution in [-0.2, 0) is 17.9 Å². The number of fused-ring (bicyclic) bond motifs is 3. The molecule has 4 aromatic rings. The van der Waals surface area contributed by atoms with Crippen LogP contribution in [0, 0.1) is 0 Å². The van der Waals surface area contributed by atoms with E-state index >= 15 is 0 Å². The molecule has 0 saturated carbocycles. The zero-order valence-electron chi connectivity index (χ0n) is 17.0. The number of nitrogens with one attached hydrogen (secondary N) is 1. The number of anilines is 1. The van der Waals surface area contributed by atoms with Crippen molar-refractivity contribution in [2.24, 2.45) is 0 Å².